The van der Waals surface area contributed by atoms with Crippen LogP contribution in [0.2, 0.25) is 5.15 Å². The van der Waals surface area contributed by atoms with Crippen molar-refractivity contribution in [3.8, 4) is 6.07 Å². The molecule has 19 heavy (non-hydrogen) atoms. The SMILES string of the molecule is N#Cc1c2c(Cl)nsnc2n2c1nc1ccccc12. The second-order valence-electron chi connectivity index (χ2n) is 4.00. The predicted molar refractivity (Wildman–Crippen MR) is 73.4 cm³/mol. The Morgan fingerprint density at radius 1 is 1.21 bits per heavy atom. The van der Waals surface area contributed by atoms with Crippen molar-refractivity contribution < 1.29 is 0 Å². The molecule has 0 N–H and O–H groups in total. The molecule has 0 saturated heterocycles. The minimum Gasteiger partial charge on any atom is -0.274 e. The molecule has 3 heterocycles. The second-order valence-corrected chi connectivity index (χ2v) is 4.89. The molecule has 0 aliphatic heterocycles. The van der Waals surface area contributed by atoms with Crippen LogP contribution < -0.4 is 0 Å². The number of fused-ring (bicyclic) bond motifs is 5. The molecule has 0 spiro atoms. The van der Waals surface area contributed by atoms with Crippen LogP contribution >= 0.6 is 23.3 Å². The number of benzene rings is 1. The Morgan fingerprint density at radius 3 is 2.89 bits per heavy atom. The lowest BCUT2D eigenvalue weighted by Gasteiger charge is -1.93. The van der Waals surface area contributed by atoms with Gasteiger partial charge in [0.15, 0.2) is 16.4 Å². The number of aromatic nitrogens is 4. The number of para-hydroxylation sites is 2. The summed E-state index contributed by atoms with van der Waals surface area (Å²) in [7, 11) is 0. The van der Waals surface area contributed by atoms with Crippen LogP contribution in [0.1, 0.15) is 5.56 Å². The monoisotopic (exact) mass is 285 g/mol. The summed E-state index contributed by atoms with van der Waals surface area (Å²) in [6.07, 6.45) is 0. The van der Waals surface area contributed by atoms with Gasteiger partial charge >= 0.3 is 0 Å². The van der Waals surface area contributed by atoms with Gasteiger partial charge in [-0.05, 0) is 12.1 Å². The molecule has 0 atom stereocenters. The van der Waals surface area contributed by atoms with E-state index in [1.807, 2.05) is 28.7 Å². The zero-order chi connectivity index (χ0) is 13.0. The van der Waals surface area contributed by atoms with E-state index in [0.29, 0.717) is 27.4 Å². The first-order valence-corrected chi connectivity index (χ1v) is 6.53. The Morgan fingerprint density at radius 2 is 2.05 bits per heavy atom. The second kappa shape index (κ2) is 3.63. The number of hydrogen-bond acceptors (Lipinski definition) is 5. The highest BCUT2D eigenvalue weighted by Gasteiger charge is 2.20. The molecular formula is C12H4ClN5S. The highest BCUT2D eigenvalue weighted by atomic mass is 35.5. The zero-order valence-electron chi connectivity index (χ0n) is 9.33. The number of halogens is 1. The zero-order valence-corrected chi connectivity index (χ0v) is 10.9. The van der Waals surface area contributed by atoms with E-state index >= 15 is 0 Å². The van der Waals surface area contributed by atoms with Gasteiger partial charge in [-0.2, -0.15) is 14.0 Å². The normalized spacial score (nSPS) is 11.4. The average molecular weight is 286 g/mol. The van der Waals surface area contributed by atoms with Crippen molar-refractivity contribution in [3.05, 3.63) is 35.0 Å². The third-order valence-corrected chi connectivity index (χ3v) is 3.93. The molecule has 0 unspecified atom stereocenters. The van der Waals surface area contributed by atoms with E-state index < -0.39 is 0 Å². The van der Waals surface area contributed by atoms with Crippen molar-refractivity contribution in [2.75, 3.05) is 0 Å². The Labute approximate surface area is 116 Å². The summed E-state index contributed by atoms with van der Waals surface area (Å²) in [5.74, 6) is 0. The number of rotatable bonds is 0. The maximum atomic E-state index is 9.36. The van der Waals surface area contributed by atoms with Crippen LogP contribution in [-0.4, -0.2) is 18.1 Å². The first-order valence-electron chi connectivity index (χ1n) is 5.42. The smallest absolute Gasteiger partial charge is 0.165 e. The minimum absolute atomic E-state index is 0.293. The lowest BCUT2D eigenvalue weighted by molar-refractivity contribution is 1.29. The molecule has 0 aliphatic carbocycles. The number of nitriles is 1. The van der Waals surface area contributed by atoms with Gasteiger partial charge in [0.25, 0.3) is 0 Å². The van der Waals surface area contributed by atoms with Crippen LogP contribution in [0.3, 0.4) is 0 Å². The minimum atomic E-state index is 0.293. The van der Waals surface area contributed by atoms with E-state index in [9.17, 15) is 5.26 Å². The van der Waals surface area contributed by atoms with E-state index in [0.717, 1.165) is 22.8 Å². The summed E-state index contributed by atoms with van der Waals surface area (Å²) < 4.78 is 10.1. The standard InChI is InChI=1S/C12H4ClN5S/c13-10-9-6(5-14)11-15-7-3-1-2-4-8(7)18(11)12(9)17-19-16-10/h1-4H. The molecule has 0 saturated carbocycles. The van der Waals surface area contributed by atoms with Crippen LogP contribution in [0.4, 0.5) is 0 Å². The van der Waals surface area contributed by atoms with Gasteiger partial charge in [-0.1, -0.05) is 23.7 Å². The molecule has 90 valence electrons. The van der Waals surface area contributed by atoms with E-state index in [2.05, 4.69) is 19.8 Å². The van der Waals surface area contributed by atoms with Gasteiger partial charge in [-0.25, -0.2) is 4.98 Å². The first kappa shape index (κ1) is 10.7. The summed E-state index contributed by atoms with van der Waals surface area (Å²) in [6.45, 7) is 0. The van der Waals surface area contributed by atoms with Gasteiger partial charge in [-0.15, -0.1) is 0 Å². The maximum Gasteiger partial charge on any atom is 0.165 e. The first-order chi connectivity index (χ1) is 9.31. The summed E-state index contributed by atoms with van der Waals surface area (Å²) in [5, 5.41) is 10.2. The molecule has 0 aliphatic rings. The van der Waals surface area contributed by atoms with E-state index in [1.54, 1.807) is 0 Å². The molecule has 0 fully saturated rings. The van der Waals surface area contributed by atoms with Crippen molar-refractivity contribution in [2.45, 2.75) is 0 Å². The molecular weight excluding hydrogens is 282 g/mol. The van der Waals surface area contributed by atoms with E-state index in [1.165, 1.54) is 0 Å². The van der Waals surface area contributed by atoms with Crippen molar-refractivity contribution in [2.24, 2.45) is 0 Å². The molecule has 4 aromatic rings. The predicted octanol–water partition coefficient (Wildman–Crippen LogP) is 3.02. The van der Waals surface area contributed by atoms with Gasteiger partial charge in [0.05, 0.1) is 28.1 Å². The van der Waals surface area contributed by atoms with Crippen LogP contribution in [0.25, 0.3) is 27.7 Å². The number of hydrogen-bond donors (Lipinski definition) is 0. The molecule has 4 rings (SSSR count). The summed E-state index contributed by atoms with van der Waals surface area (Å²) in [4.78, 5) is 4.48. The van der Waals surface area contributed by atoms with Crippen LogP contribution in [0.5, 0.6) is 0 Å². The third kappa shape index (κ3) is 1.26. The highest BCUT2D eigenvalue weighted by molar-refractivity contribution is 6.99. The van der Waals surface area contributed by atoms with Crippen molar-refractivity contribution in [1.29, 1.82) is 5.26 Å². The lowest BCUT2D eigenvalue weighted by atomic mass is 10.2. The fourth-order valence-electron chi connectivity index (χ4n) is 2.27. The van der Waals surface area contributed by atoms with E-state index in [-0.39, 0.29) is 0 Å². The van der Waals surface area contributed by atoms with Crippen LogP contribution in [0, 0.1) is 11.3 Å². The van der Waals surface area contributed by atoms with Gasteiger partial charge < -0.3 is 0 Å². The van der Waals surface area contributed by atoms with Crippen LogP contribution in [-0.2, 0) is 0 Å². The Kier molecular flexibility index (Phi) is 2.04. The lowest BCUT2D eigenvalue weighted by Crippen LogP contribution is -1.83. The topological polar surface area (TPSA) is 66.9 Å². The molecule has 0 radical (unpaired) electrons. The third-order valence-electron chi connectivity index (χ3n) is 3.04. The maximum absolute atomic E-state index is 9.36. The quantitative estimate of drug-likeness (QED) is 0.498. The van der Waals surface area contributed by atoms with Crippen molar-refractivity contribution >= 4 is 51.0 Å². The molecule has 5 nitrogen and oxygen atoms in total. The Balaban J connectivity index is 2.42. The molecule has 7 heteroatoms. The molecule has 0 bridgehead atoms. The fraction of sp³-hybridized carbons (Fsp3) is 0. The molecule has 1 aromatic carbocycles. The largest absolute Gasteiger partial charge is 0.274 e. The summed E-state index contributed by atoms with van der Waals surface area (Å²) in [6, 6.07) is 9.83. The highest BCUT2D eigenvalue weighted by Crippen LogP contribution is 2.32. The fourth-order valence-corrected chi connectivity index (χ4v) is 3.00. The number of nitrogens with zero attached hydrogens (tertiary/aromatic N) is 5. The summed E-state index contributed by atoms with van der Waals surface area (Å²) >= 11 is 7.11. The molecule has 0 amide bonds. The summed E-state index contributed by atoms with van der Waals surface area (Å²) in [5.41, 5.74) is 3.36. The average Bonchev–Trinajstić information content (AvgIpc) is 2.94. The number of imidazole rings is 1. The van der Waals surface area contributed by atoms with Crippen LogP contribution in [0.15, 0.2) is 24.3 Å². The van der Waals surface area contributed by atoms with Gasteiger partial charge in [0, 0.05) is 0 Å². The van der Waals surface area contributed by atoms with Gasteiger partial charge in [0.2, 0.25) is 0 Å². The van der Waals surface area contributed by atoms with E-state index in [4.69, 9.17) is 11.6 Å². The molecule has 3 aromatic heterocycles. The Hall–Kier alpha value is -2.23. The van der Waals surface area contributed by atoms with Gasteiger partial charge in [0.1, 0.15) is 11.6 Å². The van der Waals surface area contributed by atoms with Crippen molar-refractivity contribution in [1.82, 2.24) is 18.1 Å². The Bertz CT molecular complexity index is 994. The van der Waals surface area contributed by atoms with Gasteiger partial charge in [-0.3, -0.25) is 4.40 Å². The van der Waals surface area contributed by atoms with Crippen molar-refractivity contribution in [3.63, 3.8) is 0 Å².